The van der Waals surface area contributed by atoms with Crippen LogP contribution >= 0.6 is 11.3 Å². The predicted octanol–water partition coefficient (Wildman–Crippen LogP) is 3.20. The summed E-state index contributed by atoms with van der Waals surface area (Å²) in [5, 5.41) is 15.9. The van der Waals surface area contributed by atoms with Crippen molar-refractivity contribution >= 4 is 22.4 Å². The van der Waals surface area contributed by atoms with Crippen LogP contribution in [0.2, 0.25) is 0 Å². The SMILES string of the molecule is C=CCNc1nc2c(s1)C[C@]1(C)CCC([C@H](C)C(=O)N3CCN(C)CC3)[C@H](O)[C@H]1[C@@H]2C. The minimum absolute atomic E-state index is 0.0197. The number of hydrogen-bond donors (Lipinski definition) is 2. The summed E-state index contributed by atoms with van der Waals surface area (Å²) in [6, 6.07) is 0. The van der Waals surface area contributed by atoms with Crippen molar-refractivity contribution in [3.8, 4) is 0 Å². The van der Waals surface area contributed by atoms with E-state index in [0.29, 0.717) is 6.54 Å². The Morgan fingerprint density at radius 2 is 2.13 bits per heavy atom. The van der Waals surface area contributed by atoms with E-state index in [9.17, 15) is 9.90 Å². The summed E-state index contributed by atoms with van der Waals surface area (Å²) in [5.74, 6) is 0.418. The third-order valence-corrected chi connectivity index (χ3v) is 9.20. The molecule has 0 radical (unpaired) electrons. The van der Waals surface area contributed by atoms with Gasteiger partial charge in [0.1, 0.15) is 0 Å². The highest BCUT2D eigenvalue weighted by Crippen LogP contribution is 2.57. The van der Waals surface area contributed by atoms with Gasteiger partial charge in [0, 0.05) is 49.4 Å². The molecular weight excluding hydrogens is 408 g/mol. The van der Waals surface area contributed by atoms with Gasteiger partial charge in [-0.1, -0.05) is 26.8 Å². The number of piperazine rings is 1. The predicted molar refractivity (Wildman–Crippen MR) is 126 cm³/mol. The number of fused-ring (bicyclic) bond motifs is 2. The number of rotatable bonds is 5. The summed E-state index contributed by atoms with van der Waals surface area (Å²) in [6.07, 6.45) is 4.31. The highest BCUT2D eigenvalue weighted by molar-refractivity contribution is 7.15. The average Bonchev–Trinajstić information content (AvgIpc) is 3.14. The first kappa shape index (κ1) is 22.7. The summed E-state index contributed by atoms with van der Waals surface area (Å²) < 4.78 is 0. The van der Waals surface area contributed by atoms with Crippen molar-refractivity contribution in [3.05, 3.63) is 23.2 Å². The standard InChI is InChI=1S/C24H38N4O2S/c1-6-9-25-23-26-20-16(3)19-21(29)17(7-8-24(19,4)14-18(20)31-23)15(2)22(30)28-12-10-27(5)11-13-28/h6,15-17,19,21,29H,1,7-14H2,2-5H3,(H,25,26)/t15-,16-,17?,19+,21-,24-/m0/s1. The van der Waals surface area contributed by atoms with Gasteiger partial charge in [0.2, 0.25) is 5.91 Å². The highest BCUT2D eigenvalue weighted by Gasteiger charge is 2.54. The number of nitrogens with zero attached hydrogens (tertiary/aromatic N) is 3. The molecule has 3 aliphatic rings. The van der Waals surface area contributed by atoms with E-state index >= 15 is 0 Å². The molecule has 31 heavy (non-hydrogen) atoms. The number of anilines is 1. The molecule has 7 heteroatoms. The number of carbonyl (C=O) groups excluding carboxylic acids is 1. The quantitative estimate of drug-likeness (QED) is 0.680. The Bertz CT molecular complexity index is 819. The highest BCUT2D eigenvalue weighted by atomic mass is 32.1. The van der Waals surface area contributed by atoms with Crippen LogP contribution in [0.15, 0.2) is 12.7 Å². The molecule has 1 aromatic rings. The molecule has 0 aromatic carbocycles. The van der Waals surface area contributed by atoms with Crippen molar-refractivity contribution in [2.24, 2.45) is 23.2 Å². The molecule has 1 saturated carbocycles. The summed E-state index contributed by atoms with van der Waals surface area (Å²) in [7, 11) is 2.10. The second-order valence-corrected chi connectivity index (χ2v) is 11.3. The topological polar surface area (TPSA) is 68.7 Å². The monoisotopic (exact) mass is 446 g/mol. The number of amides is 1. The summed E-state index contributed by atoms with van der Waals surface area (Å²) in [6.45, 7) is 14.5. The van der Waals surface area contributed by atoms with E-state index < -0.39 is 6.10 Å². The Morgan fingerprint density at radius 1 is 1.42 bits per heavy atom. The molecule has 4 rings (SSSR count). The molecule has 2 N–H and O–H groups in total. The Kier molecular flexibility index (Phi) is 6.48. The van der Waals surface area contributed by atoms with Gasteiger partial charge in [-0.15, -0.1) is 17.9 Å². The van der Waals surface area contributed by atoms with E-state index in [1.165, 1.54) is 4.88 Å². The first-order valence-electron chi connectivity index (χ1n) is 11.7. The van der Waals surface area contributed by atoms with Crippen molar-refractivity contribution in [2.45, 2.75) is 52.1 Å². The fraction of sp³-hybridized carbons (Fsp3) is 0.750. The molecule has 1 saturated heterocycles. The van der Waals surface area contributed by atoms with E-state index in [2.05, 4.69) is 37.7 Å². The maximum atomic E-state index is 13.2. The molecule has 0 bridgehead atoms. The fourth-order valence-corrected chi connectivity index (χ4v) is 7.55. The lowest BCUT2D eigenvalue weighted by Gasteiger charge is -2.53. The maximum Gasteiger partial charge on any atom is 0.225 e. The van der Waals surface area contributed by atoms with Gasteiger partial charge in [-0.2, -0.15) is 0 Å². The van der Waals surface area contributed by atoms with Crippen molar-refractivity contribution in [2.75, 3.05) is 45.1 Å². The largest absolute Gasteiger partial charge is 0.392 e. The van der Waals surface area contributed by atoms with Crippen LogP contribution in [-0.2, 0) is 11.2 Å². The van der Waals surface area contributed by atoms with Gasteiger partial charge < -0.3 is 20.2 Å². The van der Waals surface area contributed by atoms with Gasteiger partial charge in [0.25, 0.3) is 0 Å². The molecule has 172 valence electrons. The second kappa shape index (κ2) is 8.83. The van der Waals surface area contributed by atoms with Crippen LogP contribution in [0.4, 0.5) is 5.13 Å². The Balaban J connectivity index is 1.52. The zero-order valence-electron chi connectivity index (χ0n) is 19.4. The normalized spacial score (nSPS) is 34.5. The van der Waals surface area contributed by atoms with Crippen molar-refractivity contribution < 1.29 is 9.90 Å². The van der Waals surface area contributed by atoms with E-state index in [4.69, 9.17) is 4.98 Å². The van der Waals surface area contributed by atoms with Gasteiger partial charge in [-0.25, -0.2) is 4.98 Å². The van der Waals surface area contributed by atoms with Gasteiger partial charge >= 0.3 is 0 Å². The summed E-state index contributed by atoms with van der Waals surface area (Å²) in [4.78, 5) is 23.7. The average molecular weight is 447 g/mol. The van der Waals surface area contributed by atoms with Crippen LogP contribution < -0.4 is 5.32 Å². The molecule has 6 atom stereocenters. The lowest BCUT2D eigenvalue weighted by Crippen LogP contribution is -2.55. The lowest BCUT2D eigenvalue weighted by atomic mass is 9.53. The van der Waals surface area contributed by atoms with Gasteiger partial charge in [0.05, 0.1) is 11.8 Å². The van der Waals surface area contributed by atoms with Gasteiger partial charge in [-0.3, -0.25) is 4.79 Å². The van der Waals surface area contributed by atoms with Crippen molar-refractivity contribution in [1.82, 2.24) is 14.8 Å². The molecule has 1 unspecified atom stereocenters. The molecule has 1 aliphatic heterocycles. The third-order valence-electron chi connectivity index (χ3n) is 8.17. The Hall–Kier alpha value is -1.44. The van der Waals surface area contributed by atoms with Crippen LogP contribution in [0.5, 0.6) is 0 Å². The second-order valence-electron chi connectivity index (χ2n) is 10.3. The first-order valence-corrected chi connectivity index (χ1v) is 12.6. The van der Waals surface area contributed by atoms with E-state index in [0.717, 1.165) is 56.3 Å². The molecular formula is C24H38N4O2S. The molecule has 1 aromatic heterocycles. The molecule has 0 spiro atoms. The number of carbonyl (C=O) groups is 1. The maximum absolute atomic E-state index is 13.2. The smallest absolute Gasteiger partial charge is 0.225 e. The number of aromatic nitrogens is 1. The third kappa shape index (κ3) is 4.16. The number of thiazole rings is 1. The Morgan fingerprint density at radius 3 is 2.81 bits per heavy atom. The van der Waals surface area contributed by atoms with E-state index in [1.807, 2.05) is 17.9 Å². The number of aliphatic hydroxyl groups excluding tert-OH is 1. The van der Waals surface area contributed by atoms with Crippen molar-refractivity contribution in [1.29, 1.82) is 0 Å². The summed E-state index contributed by atoms with van der Waals surface area (Å²) in [5.41, 5.74) is 1.19. The number of hydrogen-bond acceptors (Lipinski definition) is 6. The van der Waals surface area contributed by atoms with Crippen LogP contribution in [-0.4, -0.2) is 71.7 Å². The number of aliphatic hydroxyl groups is 1. The van der Waals surface area contributed by atoms with Gasteiger partial charge in [-0.05, 0) is 43.6 Å². The van der Waals surface area contributed by atoms with Crippen LogP contribution in [0.25, 0.3) is 0 Å². The zero-order valence-corrected chi connectivity index (χ0v) is 20.2. The molecule has 6 nitrogen and oxygen atoms in total. The molecule has 2 aliphatic carbocycles. The van der Waals surface area contributed by atoms with Crippen molar-refractivity contribution in [3.63, 3.8) is 0 Å². The van der Waals surface area contributed by atoms with Crippen LogP contribution in [0.3, 0.4) is 0 Å². The number of likely N-dealkylation sites (N-methyl/N-ethyl adjacent to an activating group) is 1. The zero-order chi connectivity index (χ0) is 22.3. The molecule has 2 heterocycles. The van der Waals surface area contributed by atoms with E-state index in [-0.39, 0.29) is 35.0 Å². The fourth-order valence-electron chi connectivity index (χ4n) is 6.28. The Labute approximate surface area is 190 Å². The summed E-state index contributed by atoms with van der Waals surface area (Å²) >= 11 is 1.75. The van der Waals surface area contributed by atoms with E-state index in [1.54, 1.807) is 11.3 Å². The number of nitrogens with one attached hydrogen (secondary N) is 1. The van der Waals surface area contributed by atoms with Crippen LogP contribution in [0, 0.1) is 23.2 Å². The molecule has 1 amide bonds. The molecule has 2 fully saturated rings. The van der Waals surface area contributed by atoms with Crippen LogP contribution in [0.1, 0.15) is 50.1 Å². The lowest BCUT2D eigenvalue weighted by molar-refractivity contribution is -0.146. The minimum atomic E-state index is -0.473. The first-order chi connectivity index (χ1) is 14.7. The van der Waals surface area contributed by atoms with Gasteiger partial charge in [0.15, 0.2) is 5.13 Å². The minimum Gasteiger partial charge on any atom is -0.392 e.